The van der Waals surface area contributed by atoms with Gasteiger partial charge in [0, 0.05) is 33.7 Å². The van der Waals surface area contributed by atoms with Crippen LogP contribution in [0.4, 0.5) is 0 Å². The van der Waals surface area contributed by atoms with Gasteiger partial charge in [-0.25, -0.2) is 0 Å². The second-order valence-electron chi connectivity index (χ2n) is 16.3. The molecule has 0 rings (SSSR count). The number of aliphatic hydroxyl groups is 1. The average molecular weight is 749 g/mol. The van der Waals surface area contributed by atoms with Crippen molar-refractivity contribution in [1.82, 2.24) is 10.2 Å². The molecular weight excluding hydrogens is 665 g/mol. The Kier molecular flexibility index (Phi) is 45.4. The van der Waals surface area contributed by atoms with Crippen LogP contribution in [0.1, 0.15) is 147 Å². The fourth-order valence-electron chi connectivity index (χ4n) is 2.00. The summed E-state index contributed by atoms with van der Waals surface area (Å²) in [5.41, 5.74) is -1.46. The fourth-order valence-corrected chi connectivity index (χ4v) is 2.00. The molecule has 0 aromatic rings. The topological polar surface area (TPSA) is 121 Å². The van der Waals surface area contributed by atoms with Crippen molar-refractivity contribution in [2.75, 3.05) is 27.2 Å². The highest BCUT2D eigenvalue weighted by Crippen LogP contribution is 2.16. The second-order valence-corrected chi connectivity index (χ2v) is 16.3. The normalized spacial score (nSPS) is 10.4. The van der Waals surface area contributed by atoms with Gasteiger partial charge in [0.25, 0.3) is 5.91 Å². The van der Waals surface area contributed by atoms with Crippen molar-refractivity contribution in [3.8, 4) is 36.5 Å². The Labute approximate surface area is 329 Å². The van der Waals surface area contributed by atoms with Crippen molar-refractivity contribution in [3.05, 3.63) is 24.3 Å². The summed E-state index contributed by atoms with van der Waals surface area (Å²) < 4.78 is 0. The number of terminal acetylenes is 2. The number of carbonyl (C=O) groups excluding carboxylic acids is 5. The largest absolute Gasteiger partial charge is 0.384 e. The molecule has 1 amide bonds. The summed E-state index contributed by atoms with van der Waals surface area (Å²) >= 11 is 0. The Morgan fingerprint density at radius 2 is 0.981 bits per heavy atom. The van der Waals surface area contributed by atoms with E-state index in [0.717, 1.165) is 13.0 Å². The molecule has 0 unspecified atom stereocenters. The second kappa shape index (κ2) is 34.0. The molecule has 310 valence electrons. The maximum atomic E-state index is 11.3. The van der Waals surface area contributed by atoms with Gasteiger partial charge in [-0.15, -0.1) is 12.8 Å². The van der Waals surface area contributed by atoms with E-state index in [-0.39, 0.29) is 87.1 Å². The summed E-state index contributed by atoms with van der Waals surface area (Å²) in [5, 5.41) is 10.8. The molecule has 0 atom stereocenters. The first kappa shape index (κ1) is 70.8. The van der Waals surface area contributed by atoms with Crippen molar-refractivity contribution < 1.29 is 29.1 Å². The zero-order valence-electron chi connectivity index (χ0n) is 34.0. The van der Waals surface area contributed by atoms with Crippen LogP contribution in [0.3, 0.4) is 0 Å². The van der Waals surface area contributed by atoms with Crippen LogP contribution in [0.25, 0.3) is 0 Å². The number of ketones is 4. The van der Waals surface area contributed by atoms with Gasteiger partial charge in [-0.3, -0.25) is 24.0 Å². The minimum Gasteiger partial charge on any atom is -0.384 e. The first-order chi connectivity index (χ1) is 21.7. The summed E-state index contributed by atoms with van der Waals surface area (Å²) in [6, 6.07) is 0. The summed E-state index contributed by atoms with van der Waals surface area (Å²) in [4.78, 5) is 56.5. The van der Waals surface area contributed by atoms with Crippen LogP contribution in [-0.2, 0) is 24.0 Å². The monoisotopic (exact) mass is 749 g/mol. The molecule has 0 bridgehead atoms. The molecule has 0 saturated heterocycles. The van der Waals surface area contributed by atoms with Gasteiger partial charge < -0.3 is 15.3 Å². The van der Waals surface area contributed by atoms with Crippen LogP contribution in [0.5, 0.6) is 0 Å². The molecule has 53 heavy (non-hydrogen) atoms. The summed E-state index contributed by atoms with van der Waals surface area (Å²) in [5.74, 6) is 8.43. The molecule has 8 nitrogen and oxygen atoms in total. The van der Waals surface area contributed by atoms with E-state index in [9.17, 15) is 24.0 Å². The summed E-state index contributed by atoms with van der Waals surface area (Å²) in [6.45, 7) is 30.6. The van der Waals surface area contributed by atoms with Crippen molar-refractivity contribution in [2.45, 2.75) is 152 Å². The third-order valence-corrected chi connectivity index (χ3v) is 5.12. The maximum absolute atomic E-state index is 11.3. The first-order valence-electron chi connectivity index (χ1n) is 16.2. The molecule has 0 aromatic heterocycles. The van der Waals surface area contributed by atoms with Gasteiger partial charge in [-0.2, -0.15) is 0 Å². The molecule has 0 aliphatic rings. The van der Waals surface area contributed by atoms with Crippen LogP contribution >= 0.6 is 0 Å². The summed E-state index contributed by atoms with van der Waals surface area (Å²) in [7, 11) is 3.96. The predicted molar refractivity (Wildman–Crippen MR) is 232 cm³/mol. The third-order valence-electron chi connectivity index (χ3n) is 5.12. The highest BCUT2D eigenvalue weighted by atomic mass is 16.2. The number of Topliss-reactive ketones (excluding diaryl/α,β-unsaturated/α-hetero) is 2. The van der Waals surface area contributed by atoms with Gasteiger partial charge in [-0.05, 0) is 71.2 Å². The van der Waals surface area contributed by atoms with Crippen molar-refractivity contribution in [3.63, 3.8) is 0 Å². The third kappa shape index (κ3) is 55.2. The quantitative estimate of drug-likeness (QED) is 0.163. The van der Waals surface area contributed by atoms with Crippen molar-refractivity contribution in [2.24, 2.45) is 21.7 Å². The lowest BCUT2D eigenvalue weighted by Crippen LogP contribution is -2.39. The molecular formula is C45H84N2O6. The van der Waals surface area contributed by atoms with Crippen LogP contribution in [0.2, 0.25) is 0 Å². The molecule has 8 heteroatoms. The molecule has 0 aromatic carbocycles. The molecule has 0 radical (unpaired) electrons. The Morgan fingerprint density at radius 3 is 1.17 bits per heavy atom. The Balaban J connectivity index is -0.0000000644. The standard InChI is InChI=1S/C10H19NO.C9H16O.C8H12O2.C7H11NO.C7H10O.4CH4/c1-10(2,3)9(12)7-6-8-11(4)5;1-5-6-7-8(10)9(2,3)4;1-8(2,3)7(10)5-4-6-9;1-5-6(9)8-7(2,3)4;1-5-6(8)7(2,3)4;;;;/h6-7H,8H2,1-5H3;6-7H,5H2,1-4H3;9H,6H2,1-3H3;1H,2-4H3,(H,8,9);1H,2-4H3;4*1H4/b2*7-6+;;;;;;;. The highest BCUT2D eigenvalue weighted by molar-refractivity contribution is 5.99. The number of aliphatic hydroxyl groups excluding tert-OH is 1. The molecule has 0 aliphatic heterocycles. The number of nitrogens with one attached hydrogen (secondary N) is 1. The minimum absolute atomic E-state index is 0. The van der Waals surface area contributed by atoms with Crippen LogP contribution in [-0.4, -0.2) is 71.8 Å². The molecule has 0 saturated carbocycles. The van der Waals surface area contributed by atoms with Gasteiger partial charge in [0.05, 0.1) is 0 Å². The van der Waals surface area contributed by atoms with Gasteiger partial charge in [0.15, 0.2) is 11.6 Å². The van der Waals surface area contributed by atoms with E-state index >= 15 is 0 Å². The predicted octanol–water partition coefficient (Wildman–Crippen LogP) is 9.20. The van der Waals surface area contributed by atoms with Crippen LogP contribution in [0.15, 0.2) is 24.3 Å². The highest BCUT2D eigenvalue weighted by Gasteiger charge is 2.19. The number of nitrogens with zero attached hydrogens (tertiary/aromatic N) is 1. The molecule has 0 fully saturated rings. The fraction of sp³-hybridized carbons (Fsp3) is 0.667. The van der Waals surface area contributed by atoms with Crippen molar-refractivity contribution >= 4 is 29.0 Å². The maximum Gasteiger partial charge on any atom is 0.296 e. The first-order valence-corrected chi connectivity index (χ1v) is 16.2. The number of likely N-dealkylation sites (N-methyl/N-ethyl adjacent to an activating group) is 1. The van der Waals surface area contributed by atoms with E-state index in [1.165, 1.54) is 0 Å². The van der Waals surface area contributed by atoms with E-state index in [4.69, 9.17) is 18.0 Å². The number of rotatable bonds is 5. The SMILES string of the molecule is C.C.C.C.C#CC(=O)C(C)(C)C.C#CC(=O)NC(C)(C)C.CC(C)(C)C(=O)C#CCO.CC/C=C/C(=O)C(C)(C)C.CN(C)C/C=C/C(=O)C(C)(C)C. The van der Waals surface area contributed by atoms with E-state index in [2.05, 4.69) is 23.1 Å². The average Bonchev–Trinajstić information content (AvgIpc) is 2.92. The van der Waals surface area contributed by atoms with Crippen molar-refractivity contribution in [1.29, 1.82) is 0 Å². The smallest absolute Gasteiger partial charge is 0.296 e. The van der Waals surface area contributed by atoms with E-state index in [0.29, 0.717) is 0 Å². The Morgan fingerprint density at radius 1 is 0.623 bits per heavy atom. The van der Waals surface area contributed by atoms with Crippen LogP contribution in [0, 0.1) is 58.2 Å². The number of hydrogen-bond donors (Lipinski definition) is 2. The van der Waals surface area contributed by atoms with Crippen LogP contribution < -0.4 is 5.32 Å². The molecule has 0 heterocycles. The van der Waals surface area contributed by atoms with Gasteiger partial charge in [0.2, 0.25) is 11.6 Å². The van der Waals surface area contributed by atoms with Gasteiger partial charge in [-0.1, -0.05) is 138 Å². The van der Waals surface area contributed by atoms with E-state index < -0.39 is 5.41 Å². The van der Waals surface area contributed by atoms with E-state index in [1.807, 2.05) is 106 Å². The zero-order chi connectivity index (χ0) is 40.4. The summed E-state index contributed by atoms with van der Waals surface area (Å²) in [6.07, 6.45) is 17.7. The van der Waals surface area contributed by atoms with Gasteiger partial charge >= 0.3 is 0 Å². The van der Waals surface area contributed by atoms with Gasteiger partial charge in [0.1, 0.15) is 6.61 Å². The lowest BCUT2D eigenvalue weighted by Gasteiger charge is -2.17. The molecule has 0 aliphatic carbocycles. The Hall–Kier alpha value is -3.77. The number of allylic oxidation sites excluding steroid dienone is 3. The lowest BCUT2D eigenvalue weighted by molar-refractivity contribution is -0.122. The number of amides is 1. The molecule has 0 spiro atoms. The lowest BCUT2D eigenvalue weighted by atomic mass is 9.90. The Bertz CT molecular complexity index is 1220. The zero-order valence-corrected chi connectivity index (χ0v) is 34.0. The minimum atomic E-state index is -0.415. The van der Waals surface area contributed by atoms with E-state index in [1.54, 1.807) is 53.7 Å². The molecule has 2 N–H and O–H groups in total. The number of hydrogen-bond acceptors (Lipinski definition) is 7. The number of carbonyl (C=O) groups is 5.